The Morgan fingerprint density at radius 1 is 1.21 bits per heavy atom. The van der Waals surface area contributed by atoms with Gasteiger partial charge in [-0.05, 0) is 6.42 Å². The average Bonchev–Trinajstić information content (AvgIpc) is 2.33. The Balaban J connectivity index is 3.02. The average molecular weight is 267 g/mol. The Morgan fingerprint density at radius 2 is 1.84 bits per heavy atom. The standard InChI is InChI=1S/C11H21N7O/c1-4-5-6-18(7-8(12)19)11-15-9(13)14-10(16-11)17(2)3/h4-7H2,1-3H3,(H2,12,19)(H2,13,14,15,16). The molecule has 0 fully saturated rings. The van der Waals surface area contributed by atoms with Crippen LogP contribution in [0, 0.1) is 0 Å². The number of aromatic nitrogens is 3. The van der Waals surface area contributed by atoms with Crippen LogP contribution in [0.5, 0.6) is 0 Å². The van der Waals surface area contributed by atoms with E-state index in [-0.39, 0.29) is 12.5 Å². The molecule has 1 aromatic rings. The van der Waals surface area contributed by atoms with Crippen LogP contribution in [-0.2, 0) is 4.79 Å². The Bertz CT molecular complexity index is 435. The molecule has 0 aromatic carbocycles. The van der Waals surface area contributed by atoms with Crippen molar-refractivity contribution < 1.29 is 4.79 Å². The summed E-state index contributed by atoms with van der Waals surface area (Å²) in [6.07, 6.45) is 1.91. The fraction of sp³-hybridized carbons (Fsp3) is 0.636. The highest BCUT2D eigenvalue weighted by Crippen LogP contribution is 2.14. The molecule has 0 spiro atoms. The second-order valence-electron chi connectivity index (χ2n) is 4.43. The minimum atomic E-state index is -0.429. The number of nitrogens with two attached hydrogens (primary N) is 2. The maximum Gasteiger partial charge on any atom is 0.237 e. The summed E-state index contributed by atoms with van der Waals surface area (Å²) in [6, 6.07) is 0. The molecule has 106 valence electrons. The van der Waals surface area contributed by atoms with Gasteiger partial charge < -0.3 is 21.3 Å². The van der Waals surface area contributed by atoms with Crippen LogP contribution in [0.2, 0.25) is 0 Å². The molecule has 0 radical (unpaired) electrons. The summed E-state index contributed by atoms with van der Waals surface area (Å²) < 4.78 is 0. The molecule has 0 atom stereocenters. The number of carbonyl (C=O) groups is 1. The summed E-state index contributed by atoms with van der Waals surface area (Å²) in [4.78, 5) is 26.9. The van der Waals surface area contributed by atoms with Crippen LogP contribution < -0.4 is 21.3 Å². The maximum atomic E-state index is 11.1. The van der Waals surface area contributed by atoms with E-state index in [2.05, 4.69) is 21.9 Å². The zero-order valence-corrected chi connectivity index (χ0v) is 11.6. The number of anilines is 3. The van der Waals surface area contributed by atoms with Crippen LogP contribution >= 0.6 is 0 Å². The Morgan fingerprint density at radius 3 is 2.37 bits per heavy atom. The predicted octanol–water partition coefficient (Wildman–Crippen LogP) is -0.388. The number of rotatable bonds is 7. The number of hydrogen-bond acceptors (Lipinski definition) is 7. The number of carbonyl (C=O) groups excluding carboxylic acids is 1. The van der Waals surface area contributed by atoms with Gasteiger partial charge >= 0.3 is 0 Å². The third-order valence-electron chi connectivity index (χ3n) is 2.44. The zero-order chi connectivity index (χ0) is 14.4. The molecule has 19 heavy (non-hydrogen) atoms. The van der Waals surface area contributed by atoms with Gasteiger partial charge in [-0.1, -0.05) is 13.3 Å². The molecule has 1 aromatic heterocycles. The van der Waals surface area contributed by atoms with Crippen molar-refractivity contribution in [1.29, 1.82) is 0 Å². The minimum absolute atomic E-state index is 0.0658. The molecule has 0 saturated heterocycles. The van der Waals surface area contributed by atoms with Gasteiger partial charge in [-0.2, -0.15) is 15.0 Å². The van der Waals surface area contributed by atoms with E-state index in [1.54, 1.807) is 9.80 Å². The van der Waals surface area contributed by atoms with Crippen molar-refractivity contribution >= 4 is 23.8 Å². The number of unbranched alkanes of at least 4 members (excludes halogenated alkanes) is 1. The SMILES string of the molecule is CCCCN(CC(N)=O)c1nc(N)nc(N(C)C)n1. The number of amides is 1. The van der Waals surface area contributed by atoms with E-state index in [1.807, 2.05) is 14.1 Å². The van der Waals surface area contributed by atoms with E-state index < -0.39 is 5.91 Å². The van der Waals surface area contributed by atoms with Gasteiger partial charge in [0, 0.05) is 20.6 Å². The van der Waals surface area contributed by atoms with Crippen LogP contribution in [0.15, 0.2) is 0 Å². The van der Waals surface area contributed by atoms with E-state index >= 15 is 0 Å². The molecular weight excluding hydrogens is 246 g/mol. The van der Waals surface area contributed by atoms with Crippen molar-refractivity contribution in [1.82, 2.24) is 15.0 Å². The van der Waals surface area contributed by atoms with Gasteiger partial charge in [-0.15, -0.1) is 0 Å². The lowest BCUT2D eigenvalue weighted by atomic mass is 10.3. The molecule has 0 bridgehead atoms. The first-order valence-corrected chi connectivity index (χ1v) is 6.16. The van der Waals surface area contributed by atoms with Crippen LogP contribution in [0.3, 0.4) is 0 Å². The third kappa shape index (κ3) is 4.57. The van der Waals surface area contributed by atoms with Gasteiger partial charge in [-0.3, -0.25) is 4.79 Å². The molecule has 4 N–H and O–H groups in total. The smallest absolute Gasteiger partial charge is 0.237 e. The molecule has 0 saturated carbocycles. The molecular formula is C11H21N7O. The Kier molecular flexibility index (Phi) is 5.28. The Hall–Kier alpha value is -2.12. The minimum Gasteiger partial charge on any atom is -0.368 e. The highest BCUT2D eigenvalue weighted by Gasteiger charge is 2.15. The normalized spacial score (nSPS) is 10.3. The van der Waals surface area contributed by atoms with Crippen molar-refractivity contribution in [3.05, 3.63) is 0 Å². The first-order chi connectivity index (χ1) is 8.93. The van der Waals surface area contributed by atoms with E-state index in [9.17, 15) is 4.79 Å². The monoisotopic (exact) mass is 267 g/mol. The molecule has 0 aliphatic heterocycles. The third-order valence-corrected chi connectivity index (χ3v) is 2.44. The predicted molar refractivity (Wildman–Crippen MR) is 74.9 cm³/mol. The quantitative estimate of drug-likeness (QED) is 0.691. The number of nitrogens with zero attached hydrogens (tertiary/aromatic N) is 5. The first-order valence-electron chi connectivity index (χ1n) is 6.16. The lowest BCUT2D eigenvalue weighted by molar-refractivity contribution is -0.116. The molecule has 0 aliphatic carbocycles. The van der Waals surface area contributed by atoms with Crippen LogP contribution in [-0.4, -0.2) is 48.0 Å². The van der Waals surface area contributed by atoms with Gasteiger partial charge in [0.2, 0.25) is 23.8 Å². The molecule has 1 heterocycles. The summed E-state index contributed by atoms with van der Waals surface area (Å²) in [6.45, 7) is 2.78. The summed E-state index contributed by atoms with van der Waals surface area (Å²) in [5.41, 5.74) is 10.9. The molecule has 1 rings (SSSR count). The highest BCUT2D eigenvalue weighted by molar-refractivity contribution is 5.78. The molecule has 8 heteroatoms. The molecule has 8 nitrogen and oxygen atoms in total. The van der Waals surface area contributed by atoms with Crippen LogP contribution in [0.4, 0.5) is 17.8 Å². The largest absolute Gasteiger partial charge is 0.368 e. The topological polar surface area (TPSA) is 114 Å². The van der Waals surface area contributed by atoms with Crippen molar-refractivity contribution in [2.75, 3.05) is 42.7 Å². The van der Waals surface area contributed by atoms with Gasteiger partial charge in [0.05, 0.1) is 6.54 Å². The van der Waals surface area contributed by atoms with E-state index in [1.165, 1.54) is 0 Å². The van der Waals surface area contributed by atoms with E-state index in [0.29, 0.717) is 18.4 Å². The lowest BCUT2D eigenvalue weighted by Gasteiger charge is -2.22. The lowest BCUT2D eigenvalue weighted by Crippen LogP contribution is -2.36. The number of hydrogen-bond donors (Lipinski definition) is 2. The van der Waals surface area contributed by atoms with E-state index in [0.717, 1.165) is 12.8 Å². The zero-order valence-electron chi connectivity index (χ0n) is 11.6. The van der Waals surface area contributed by atoms with Gasteiger partial charge in [0.15, 0.2) is 0 Å². The number of nitrogen functional groups attached to an aromatic ring is 1. The molecule has 0 aliphatic rings. The molecule has 1 amide bonds. The van der Waals surface area contributed by atoms with Crippen molar-refractivity contribution in [3.8, 4) is 0 Å². The van der Waals surface area contributed by atoms with Gasteiger partial charge in [-0.25, -0.2) is 0 Å². The van der Waals surface area contributed by atoms with Gasteiger partial charge in [0.1, 0.15) is 0 Å². The second kappa shape index (κ2) is 6.72. The summed E-state index contributed by atoms with van der Waals surface area (Å²) in [5, 5.41) is 0. The van der Waals surface area contributed by atoms with E-state index in [4.69, 9.17) is 11.5 Å². The Labute approximate surface area is 112 Å². The van der Waals surface area contributed by atoms with Crippen molar-refractivity contribution in [2.45, 2.75) is 19.8 Å². The fourth-order valence-electron chi connectivity index (χ4n) is 1.50. The number of primary amides is 1. The van der Waals surface area contributed by atoms with Crippen molar-refractivity contribution in [2.24, 2.45) is 5.73 Å². The fourth-order valence-corrected chi connectivity index (χ4v) is 1.50. The first kappa shape index (κ1) is 14.9. The van der Waals surface area contributed by atoms with Crippen LogP contribution in [0.1, 0.15) is 19.8 Å². The summed E-state index contributed by atoms with van der Waals surface area (Å²) >= 11 is 0. The second-order valence-corrected chi connectivity index (χ2v) is 4.43. The van der Waals surface area contributed by atoms with Crippen LogP contribution in [0.25, 0.3) is 0 Å². The maximum absolute atomic E-state index is 11.1. The summed E-state index contributed by atoms with van der Waals surface area (Å²) in [7, 11) is 3.62. The van der Waals surface area contributed by atoms with Gasteiger partial charge in [0.25, 0.3) is 0 Å². The summed E-state index contributed by atoms with van der Waals surface area (Å²) in [5.74, 6) is 0.526. The molecule has 0 unspecified atom stereocenters. The highest BCUT2D eigenvalue weighted by atomic mass is 16.1. The van der Waals surface area contributed by atoms with Crippen molar-refractivity contribution in [3.63, 3.8) is 0 Å².